The van der Waals surface area contributed by atoms with E-state index in [4.69, 9.17) is 4.74 Å². The maximum atomic E-state index is 5.25. The van der Waals surface area contributed by atoms with Crippen LogP contribution in [0.1, 0.15) is 18.5 Å². The highest BCUT2D eigenvalue weighted by Gasteiger charge is 2.09. The highest BCUT2D eigenvalue weighted by Crippen LogP contribution is 2.27. The second-order valence-corrected chi connectivity index (χ2v) is 4.64. The van der Waals surface area contributed by atoms with Gasteiger partial charge in [0.1, 0.15) is 11.6 Å². The van der Waals surface area contributed by atoms with E-state index in [9.17, 15) is 0 Å². The van der Waals surface area contributed by atoms with Crippen molar-refractivity contribution in [3.8, 4) is 5.75 Å². The first-order valence-corrected chi connectivity index (χ1v) is 6.46. The number of aromatic nitrogens is 3. The molecular formula is C15H16N4O. The molecule has 3 aromatic rings. The number of rotatable bonds is 4. The fourth-order valence-electron chi connectivity index (χ4n) is 2.18. The van der Waals surface area contributed by atoms with Crippen molar-refractivity contribution >= 4 is 16.6 Å². The molecular weight excluding hydrogens is 252 g/mol. The number of methoxy groups -OCH3 is 1. The number of hydrogen-bond donors (Lipinski definition) is 2. The molecule has 3 rings (SSSR count). The molecule has 2 aromatic heterocycles. The summed E-state index contributed by atoms with van der Waals surface area (Å²) in [7, 11) is 1.67. The molecule has 5 nitrogen and oxygen atoms in total. The van der Waals surface area contributed by atoms with Gasteiger partial charge in [-0.3, -0.25) is 5.10 Å². The second kappa shape index (κ2) is 5.21. The van der Waals surface area contributed by atoms with Crippen LogP contribution in [-0.2, 0) is 0 Å². The van der Waals surface area contributed by atoms with E-state index in [1.165, 1.54) is 0 Å². The number of anilines is 1. The Bertz CT molecular complexity index is 709. The summed E-state index contributed by atoms with van der Waals surface area (Å²) >= 11 is 0. The molecule has 0 aliphatic rings. The van der Waals surface area contributed by atoms with Crippen molar-refractivity contribution in [2.24, 2.45) is 0 Å². The molecule has 1 atom stereocenters. The second-order valence-electron chi connectivity index (χ2n) is 4.64. The van der Waals surface area contributed by atoms with Gasteiger partial charge in [0, 0.05) is 23.3 Å². The Labute approximate surface area is 117 Å². The molecule has 102 valence electrons. The minimum absolute atomic E-state index is 0.133. The standard InChI is InChI=1S/C15H16N4O/c1-10(12-8-17-18-9-12)19-15-14-4-3-13(20-2)7-11(14)5-6-16-15/h3-10H,1-2H3,(H,16,19)(H,17,18). The first-order valence-electron chi connectivity index (χ1n) is 6.46. The minimum Gasteiger partial charge on any atom is -0.497 e. The monoisotopic (exact) mass is 268 g/mol. The number of benzene rings is 1. The number of nitrogens with one attached hydrogen (secondary N) is 2. The SMILES string of the molecule is COc1ccc2c(NC(C)c3cn[nH]c3)nccc2c1. The lowest BCUT2D eigenvalue weighted by Crippen LogP contribution is -2.07. The van der Waals surface area contributed by atoms with E-state index in [1.807, 2.05) is 36.7 Å². The van der Waals surface area contributed by atoms with Gasteiger partial charge in [0.15, 0.2) is 0 Å². The lowest BCUT2D eigenvalue weighted by molar-refractivity contribution is 0.415. The van der Waals surface area contributed by atoms with E-state index < -0.39 is 0 Å². The molecule has 0 bridgehead atoms. The first kappa shape index (κ1) is 12.5. The van der Waals surface area contributed by atoms with Gasteiger partial charge in [0.25, 0.3) is 0 Å². The highest BCUT2D eigenvalue weighted by atomic mass is 16.5. The van der Waals surface area contributed by atoms with Crippen molar-refractivity contribution in [3.05, 3.63) is 48.4 Å². The van der Waals surface area contributed by atoms with E-state index in [0.717, 1.165) is 27.9 Å². The van der Waals surface area contributed by atoms with Crippen LogP contribution in [0.5, 0.6) is 5.75 Å². The molecule has 1 unspecified atom stereocenters. The van der Waals surface area contributed by atoms with E-state index in [2.05, 4.69) is 27.4 Å². The summed E-state index contributed by atoms with van der Waals surface area (Å²) in [6, 6.07) is 8.08. The van der Waals surface area contributed by atoms with Crippen LogP contribution in [-0.4, -0.2) is 22.3 Å². The fourth-order valence-corrected chi connectivity index (χ4v) is 2.18. The van der Waals surface area contributed by atoms with Gasteiger partial charge in [0.2, 0.25) is 0 Å². The predicted molar refractivity (Wildman–Crippen MR) is 78.9 cm³/mol. The average molecular weight is 268 g/mol. The Morgan fingerprint density at radius 1 is 1.30 bits per heavy atom. The molecule has 0 spiro atoms. The van der Waals surface area contributed by atoms with Crippen molar-refractivity contribution in [1.82, 2.24) is 15.2 Å². The molecule has 0 aliphatic heterocycles. The summed E-state index contributed by atoms with van der Waals surface area (Å²) in [6.45, 7) is 2.08. The number of ether oxygens (including phenoxy) is 1. The van der Waals surface area contributed by atoms with Gasteiger partial charge in [-0.2, -0.15) is 5.10 Å². The van der Waals surface area contributed by atoms with E-state index >= 15 is 0 Å². The highest BCUT2D eigenvalue weighted by molar-refractivity contribution is 5.92. The van der Waals surface area contributed by atoms with Crippen LogP contribution in [0, 0.1) is 0 Å². The molecule has 5 heteroatoms. The molecule has 1 aromatic carbocycles. The van der Waals surface area contributed by atoms with Crippen molar-refractivity contribution in [1.29, 1.82) is 0 Å². The summed E-state index contributed by atoms with van der Waals surface area (Å²) in [5.74, 6) is 1.70. The Kier molecular flexibility index (Phi) is 3.25. The molecule has 2 N–H and O–H groups in total. The molecule has 0 radical (unpaired) electrons. The first-order chi connectivity index (χ1) is 9.78. The lowest BCUT2D eigenvalue weighted by Gasteiger charge is -2.14. The normalized spacial score (nSPS) is 12.3. The number of aromatic amines is 1. The Morgan fingerprint density at radius 2 is 2.20 bits per heavy atom. The van der Waals surface area contributed by atoms with Crippen molar-refractivity contribution in [3.63, 3.8) is 0 Å². The molecule has 20 heavy (non-hydrogen) atoms. The summed E-state index contributed by atoms with van der Waals surface area (Å²) in [5, 5.41) is 12.4. The number of nitrogens with zero attached hydrogens (tertiary/aromatic N) is 2. The number of hydrogen-bond acceptors (Lipinski definition) is 4. The van der Waals surface area contributed by atoms with E-state index in [-0.39, 0.29) is 6.04 Å². The predicted octanol–water partition coefficient (Wildman–Crippen LogP) is 3.14. The third-order valence-corrected chi connectivity index (χ3v) is 3.34. The topological polar surface area (TPSA) is 62.8 Å². The molecule has 2 heterocycles. The lowest BCUT2D eigenvalue weighted by atomic mass is 10.1. The summed E-state index contributed by atoms with van der Waals surface area (Å²) in [5.41, 5.74) is 1.09. The van der Waals surface area contributed by atoms with Crippen molar-refractivity contribution < 1.29 is 4.74 Å². The van der Waals surface area contributed by atoms with Gasteiger partial charge in [-0.05, 0) is 36.6 Å². The quantitative estimate of drug-likeness (QED) is 0.763. The molecule has 0 aliphatic carbocycles. The maximum Gasteiger partial charge on any atom is 0.134 e. The maximum absolute atomic E-state index is 5.25. The van der Waals surface area contributed by atoms with Crippen LogP contribution in [0.2, 0.25) is 0 Å². The fraction of sp³-hybridized carbons (Fsp3) is 0.200. The zero-order chi connectivity index (χ0) is 13.9. The smallest absolute Gasteiger partial charge is 0.134 e. The van der Waals surface area contributed by atoms with Crippen LogP contribution in [0.4, 0.5) is 5.82 Å². The van der Waals surface area contributed by atoms with Crippen molar-refractivity contribution in [2.45, 2.75) is 13.0 Å². The van der Waals surface area contributed by atoms with Crippen LogP contribution in [0.25, 0.3) is 10.8 Å². The minimum atomic E-state index is 0.133. The van der Waals surface area contributed by atoms with Gasteiger partial charge in [-0.25, -0.2) is 4.98 Å². The van der Waals surface area contributed by atoms with Gasteiger partial charge >= 0.3 is 0 Å². The molecule has 0 amide bonds. The van der Waals surface area contributed by atoms with E-state index in [0.29, 0.717) is 0 Å². The van der Waals surface area contributed by atoms with E-state index in [1.54, 1.807) is 13.3 Å². The van der Waals surface area contributed by atoms with Crippen molar-refractivity contribution in [2.75, 3.05) is 12.4 Å². The van der Waals surface area contributed by atoms with Crippen LogP contribution >= 0.6 is 0 Å². The molecule has 0 saturated carbocycles. The third-order valence-electron chi connectivity index (χ3n) is 3.34. The summed E-state index contributed by atoms with van der Waals surface area (Å²) in [6.07, 6.45) is 5.49. The zero-order valence-electron chi connectivity index (χ0n) is 11.4. The average Bonchev–Trinajstić information content (AvgIpc) is 3.01. The summed E-state index contributed by atoms with van der Waals surface area (Å²) < 4.78 is 5.25. The Morgan fingerprint density at radius 3 is 2.95 bits per heavy atom. The molecule has 0 saturated heterocycles. The van der Waals surface area contributed by atoms with Gasteiger partial charge in [-0.1, -0.05) is 0 Å². The third kappa shape index (κ3) is 2.30. The number of pyridine rings is 1. The van der Waals surface area contributed by atoms with Gasteiger partial charge < -0.3 is 10.1 Å². The molecule has 0 fully saturated rings. The van der Waals surface area contributed by atoms with Crippen LogP contribution in [0.15, 0.2) is 42.9 Å². The van der Waals surface area contributed by atoms with Crippen LogP contribution in [0.3, 0.4) is 0 Å². The zero-order valence-corrected chi connectivity index (χ0v) is 11.4. The number of fused-ring (bicyclic) bond motifs is 1. The van der Waals surface area contributed by atoms with Gasteiger partial charge in [0.05, 0.1) is 19.3 Å². The Hall–Kier alpha value is -2.56. The van der Waals surface area contributed by atoms with Crippen LogP contribution < -0.4 is 10.1 Å². The number of H-pyrrole nitrogens is 1. The van der Waals surface area contributed by atoms with Gasteiger partial charge in [-0.15, -0.1) is 0 Å². The largest absolute Gasteiger partial charge is 0.497 e. The summed E-state index contributed by atoms with van der Waals surface area (Å²) in [4.78, 5) is 4.43. The Balaban J connectivity index is 1.95.